The molecule has 0 aliphatic rings. The Morgan fingerprint density at radius 1 is 1.20 bits per heavy atom. The van der Waals surface area contributed by atoms with Crippen LogP contribution in [0.4, 0.5) is 0 Å². The van der Waals surface area contributed by atoms with Crippen molar-refractivity contribution in [1.29, 1.82) is 0 Å². The van der Waals surface area contributed by atoms with Gasteiger partial charge in [0.25, 0.3) is 0 Å². The number of fused-ring (bicyclic) bond motifs is 1. The smallest absolute Gasteiger partial charge is 0.160 e. The quantitative estimate of drug-likeness (QED) is 0.807. The lowest BCUT2D eigenvalue weighted by Gasteiger charge is -2.08. The lowest BCUT2D eigenvalue weighted by molar-refractivity contribution is 0.729. The van der Waals surface area contributed by atoms with E-state index >= 15 is 0 Å². The molecule has 20 heavy (non-hydrogen) atoms. The van der Waals surface area contributed by atoms with Crippen molar-refractivity contribution < 1.29 is 0 Å². The maximum atomic E-state index is 6.26. The van der Waals surface area contributed by atoms with Gasteiger partial charge < -0.3 is 10.3 Å². The zero-order valence-electron chi connectivity index (χ0n) is 10.6. The molecule has 6 heteroatoms. The molecule has 0 fully saturated rings. The maximum absolute atomic E-state index is 6.26. The Kier molecular flexibility index (Phi) is 3.61. The second-order valence-electron chi connectivity index (χ2n) is 4.35. The molecular formula is C14H12Cl2N4. The first kappa shape index (κ1) is 13.4. The van der Waals surface area contributed by atoms with Crippen LogP contribution in [0, 0.1) is 0 Å². The number of pyridine rings is 1. The van der Waals surface area contributed by atoms with E-state index in [0.29, 0.717) is 23.1 Å². The molecule has 3 rings (SSSR count). The van der Waals surface area contributed by atoms with E-state index in [2.05, 4.69) is 9.97 Å². The van der Waals surface area contributed by atoms with Gasteiger partial charge in [-0.15, -0.1) is 0 Å². The summed E-state index contributed by atoms with van der Waals surface area (Å²) in [4.78, 5) is 8.94. The zero-order valence-corrected chi connectivity index (χ0v) is 12.1. The van der Waals surface area contributed by atoms with Crippen LogP contribution < -0.4 is 5.73 Å². The highest BCUT2D eigenvalue weighted by molar-refractivity contribution is 6.33. The third kappa shape index (κ3) is 2.26. The number of halogens is 2. The highest BCUT2D eigenvalue weighted by Crippen LogP contribution is 2.30. The number of rotatable bonds is 3. The number of hydrogen-bond donors (Lipinski definition) is 1. The molecule has 0 aliphatic heterocycles. The van der Waals surface area contributed by atoms with Crippen LogP contribution in [-0.2, 0) is 6.54 Å². The summed E-state index contributed by atoms with van der Waals surface area (Å²) >= 11 is 12.2. The van der Waals surface area contributed by atoms with Crippen molar-refractivity contribution in [1.82, 2.24) is 14.5 Å². The van der Waals surface area contributed by atoms with Gasteiger partial charge in [-0.1, -0.05) is 35.3 Å². The van der Waals surface area contributed by atoms with Crippen LogP contribution in [0.5, 0.6) is 0 Å². The molecule has 1 aromatic carbocycles. The summed E-state index contributed by atoms with van der Waals surface area (Å²) in [5, 5.41) is 1.20. The summed E-state index contributed by atoms with van der Waals surface area (Å²) in [5.74, 6) is 0.755. The molecular weight excluding hydrogens is 295 g/mol. The molecule has 3 aromatic rings. The molecule has 0 amide bonds. The summed E-state index contributed by atoms with van der Waals surface area (Å²) in [6, 6.07) is 9.36. The summed E-state index contributed by atoms with van der Waals surface area (Å²) < 4.78 is 1.97. The predicted octanol–water partition coefficient (Wildman–Crippen LogP) is 3.36. The minimum absolute atomic E-state index is 0.493. The van der Waals surface area contributed by atoms with Gasteiger partial charge in [0.1, 0.15) is 11.3 Å². The normalized spacial score (nSPS) is 11.2. The lowest BCUT2D eigenvalue weighted by Crippen LogP contribution is -2.11. The number of imidazole rings is 1. The zero-order chi connectivity index (χ0) is 14.1. The van der Waals surface area contributed by atoms with Crippen molar-refractivity contribution in [2.24, 2.45) is 5.73 Å². The van der Waals surface area contributed by atoms with Gasteiger partial charge in [-0.2, -0.15) is 0 Å². The van der Waals surface area contributed by atoms with E-state index in [-0.39, 0.29) is 0 Å². The van der Waals surface area contributed by atoms with E-state index in [1.165, 1.54) is 0 Å². The van der Waals surface area contributed by atoms with E-state index in [1.807, 2.05) is 28.8 Å². The fraction of sp³-hybridized carbons (Fsp3) is 0.143. The van der Waals surface area contributed by atoms with Gasteiger partial charge in [-0.05, 0) is 18.2 Å². The molecule has 2 N–H and O–H groups in total. The van der Waals surface area contributed by atoms with Crippen molar-refractivity contribution in [2.45, 2.75) is 6.54 Å². The van der Waals surface area contributed by atoms with Crippen LogP contribution in [0.15, 0.2) is 36.5 Å². The van der Waals surface area contributed by atoms with E-state index in [1.54, 1.807) is 12.3 Å². The van der Waals surface area contributed by atoms with Crippen molar-refractivity contribution in [3.05, 3.63) is 46.6 Å². The SMILES string of the molecule is NCCn1c(-c2ccccc2Cl)nc2cc(Cl)cnc21. The minimum atomic E-state index is 0.493. The summed E-state index contributed by atoms with van der Waals surface area (Å²) in [6.45, 7) is 1.11. The number of benzene rings is 1. The third-order valence-corrected chi connectivity index (χ3v) is 3.56. The molecule has 102 valence electrons. The molecule has 0 radical (unpaired) electrons. The van der Waals surface area contributed by atoms with Crippen molar-refractivity contribution in [3.63, 3.8) is 0 Å². The van der Waals surface area contributed by atoms with Crippen LogP contribution in [0.2, 0.25) is 10.0 Å². The summed E-state index contributed by atoms with van der Waals surface area (Å²) in [6.07, 6.45) is 1.61. The van der Waals surface area contributed by atoms with Gasteiger partial charge in [0.2, 0.25) is 0 Å². The van der Waals surface area contributed by atoms with Gasteiger partial charge in [-0.3, -0.25) is 0 Å². The van der Waals surface area contributed by atoms with E-state index in [0.717, 1.165) is 22.6 Å². The Hall–Kier alpha value is -1.62. The largest absolute Gasteiger partial charge is 0.329 e. The van der Waals surface area contributed by atoms with Gasteiger partial charge in [0.05, 0.1) is 10.0 Å². The predicted molar refractivity (Wildman–Crippen MR) is 82.0 cm³/mol. The molecule has 4 nitrogen and oxygen atoms in total. The average molecular weight is 307 g/mol. The summed E-state index contributed by atoms with van der Waals surface area (Å²) in [5.41, 5.74) is 8.04. The number of aromatic nitrogens is 3. The van der Waals surface area contributed by atoms with Crippen molar-refractivity contribution in [2.75, 3.05) is 6.54 Å². The Morgan fingerprint density at radius 3 is 2.75 bits per heavy atom. The Morgan fingerprint density at radius 2 is 2.00 bits per heavy atom. The minimum Gasteiger partial charge on any atom is -0.329 e. The van der Waals surface area contributed by atoms with Crippen molar-refractivity contribution in [3.8, 4) is 11.4 Å². The second kappa shape index (κ2) is 5.40. The first-order valence-electron chi connectivity index (χ1n) is 6.17. The molecule has 0 spiro atoms. The fourth-order valence-electron chi connectivity index (χ4n) is 2.18. The van der Waals surface area contributed by atoms with Crippen LogP contribution in [0.25, 0.3) is 22.6 Å². The van der Waals surface area contributed by atoms with Crippen molar-refractivity contribution >= 4 is 34.4 Å². The van der Waals surface area contributed by atoms with Gasteiger partial charge >= 0.3 is 0 Å². The van der Waals surface area contributed by atoms with E-state index in [9.17, 15) is 0 Å². The number of nitrogens with two attached hydrogens (primary N) is 1. The molecule has 0 aliphatic carbocycles. The Labute approximate surface area is 126 Å². The van der Waals surface area contributed by atoms with Gasteiger partial charge in [-0.25, -0.2) is 9.97 Å². The molecule has 0 atom stereocenters. The number of nitrogens with zero attached hydrogens (tertiary/aromatic N) is 3. The summed E-state index contributed by atoms with van der Waals surface area (Å²) in [7, 11) is 0. The second-order valence-corrected chi connectivity index (χ2v) is 5.20. The standard InChI is InChI=1S/C14H12Cl2N4/c15-9-7-12-14(18-8-9)20(6-5-17)13(19-12)10-3-1-2-4-11(10)16/h1-4,7-8H,5-6,17H2. The fourth-order valence-corrected chi connectivity index (χ4v) is 2.55. The van der Waals surface area contributed by atoms with E-state index in [4.69, 9.17) is 28.9 Å². The molecule has 0 saturated carbocycles. The Balaban J connectivity index is 2.29. The van der Waals surface area contributed by atoms with Crippen LogP contribution in [0.1, 0.15) is 0 Å². The average Bonchev–Trinajstić information content (AvgIpc) is 2.77. The maximum Gasteiger partial charge on any atom is 0.160 e. The molecule has 2 aromatic heterocycles. The number of hydrogen-bond acceptors (Lipinski definition) is 3. The lowest BCUT2D eigenvalue weighted by atomic mass is 10.2. The van der Waals surface area contributed by atoms with Gasteiger partial charge in [0.15, 0.2) is 5.65 Å². The highest BCUT2D eigenvalue weighted by Gasteiger charge is 2.15. The first-order valence-corrected chi connectivity index (χ1v) is 6.93. The molecule has 0 saturated heterocycles. The molecule has 0 bridgehead atoms. The molecule has 2 heterocycles. The van der Waals surface area contributed by atoms with Crippen LogP contribution in [0.3, 0.4) is 0 Å². The van der Waals surface area contributed by atoms with E-state index < -0.39 is 0 Å². The first-order chi connectivity index (χ1) is 9.70. The van der Waals surface area contributed by atoms with Gasteiger partial charge in [0, 0.05) is 24.8 Å². The van der Waals surface area contributed by atoms with Crippen LogP contribution >= 0.6 is 23.2 Å². The topological polar surface area (TPSA) is 56.7 Å². The third-order valence-electron chi connectivity index (χ3n) is 3.02. The van der Waals surface area contributed by atoms with Crippen LogP contribution in [-0.4, -0.2) is 21.1 Å². The monoisotopic (exact) mass is 306 g/mol. The molecule has 0 unspecified atom stereocenters. The highest BCUT2D eigenvalue weighted by atomic mass is 35.5. The Bertz CT molecular complexity index is 767.